The summed E-state index contributed by atoms with van der Waals surface area (Å²) in [5.41, 5.74) is 3.61. The van der Waals surface area contributed by atoms with Crippen LogP contribution in [0.4, 0.5) is 11.5 Å². The number of carbonyl (C=O) groups is 1. The molecule has 1 N–H and O–H groups in total. The molecule has 0 bridgehead atoms. The summed E-state index contributed by atoms with van der Waals surface area (Å²) in [5, 5.41) is 3.08. The Morgan fingerprint density at radius 2 is 1.87 bits per heavy atom. The Bertz CT molecular complexity index is 894. The standard InChI is InChI=1S/C24H30N4O2/c29-24-21(30-22-17-19-7-2-1-6-18(19)16-20(22)26-24)8-5-11-27-12-14-28(15-13-27)23-9-3-4-10-25-23/h3-4,9-10,16-17,21H,1-2,5-8,11-15H2,(H,26,29). The Morgan fingerprint density at radius 1 is 1.07 bits per heavy atom. The molecule has 1 aliphatic carbocycles. The Hall–Kier alpha value is -2.60. The highest BCUT2D eigenvalue weighted by Gasteiger charge is 2.29. The fraction of sp³-hybridized carbons (Fsp3) is 0.500. The van der Waals surface area contributed by atoms with Gasteiger partial charge in [-0.3, -0.25) is 9.69 Å². The number of aromatic nitrogens is 1. The van der Waals surface area contributed by atoms with Crippen molar-refractivity contribution in [2.75, 3.05) is 42.9 Å². The van der Waals surface area contributed by atoms with Gasteiger partial charge in [-0.25, -0.2) is 4.98 Å². The fourth-order valence-electron chi connectivity index (χ4n) is 4.81. The van der Waals surface area contributed by atoms with Crippen LogP contribution in [0.1, 0.15) is 36.8 Å². The molecule has 1 fully saturated rings. The van der Waals surface area contributed by atoms with Crippen LogP contribution < -0.4 is 15.0 Å². The summed E-state index contributed by atoms with van der Waals surface area (Å²) >= 11 is 0. The first-order valence-corrected chi connectivity index (χ1v) is 11.3. The lowest BCUT2D eigenvalue weighted by Crippen LogP contribution is -2.47. The maximum Gasteiger partial charge on any atom is 0.265 e. The Morgan fingerprint density at radius 3 is 2.63 bits per heavy atom. The number of nitrogens with zero attached hydrogens (tertiary/aromatic N) is 3. The van der Waals surface area contributed by atoms with E-state index in [1.54, 1.807) is 0 Å². The van der Waals surface area contributed by atoms with Gasteiger partial charge < -0.3 is 15.0 Å². The van der Waals surface area contributed by atoms with E-state index in [1.807, 2.05) is 18.3 Å². The van der Waals surface area contributed by atoms with Gasteiger partial charge in [0.25, 0.3) is 5.91 Å². The number of rotatable bonds is 5. The second-order valence-corrected chi connectivity index (χ2v) is 8.58. The second-order valence-electron chi connectivity index (χ2n) is 8.58. The molecular weight excluding hydrogens is 376 g/mol. The van der Waals surface area contributed by atoms with E-state index < -0.39 is 0 Å². The molecule has 6 nitrogen and oxygen atoms in total. The van der Waals surface area contributed by atoms with E-state index in [0.29, 0.717) is 0 Å². The first-order chi connectivity index (χ1) is 14.8. The van der Waals surface area contributed by atoms with E-state index in [1.165, 1.54) is 24.0 Å². The van der Waals surface area contributed by atoms with Gasteiger partial charge in [0.05, 0.1) is 5.69 Å². The molecule has 1 atom stereocenters. The predicted molar refractivity (Wildman–Crippen MR) is 118 cm³/mol. The summed E-state index contributed by atoms with van der Waals surface area (Å²) < 4.78 is 6.13. The molecule has 3 heterocycles. The van der Waals surface area contributed by atoms with Gasteiger partial charge in [0, 0.05) is 32.4 Å². The summed E-state index contributed by atoms with van der Waals surface area (Å²) in [5.74, 6) is 1.91. The van der Waals surface area contributed by atoms with E-state index in [9.17, 15) is 4.79 Å². The Labute approximate surface area is 178 Å². The molecule has 1 amide bonds. The van der Waals surface area contributed by atoms with Crippen LogP contribution in [-0.4, -0.2) is 54.6 Å². The average molecular weight is 407 g/mol. The third-order valence-corrected chi connectivity index (χ3v) is 6.55. The van der Waals surface area contributed by atoms with Gasteiger partial charge in [0.2, 0.25) is 0 Å². The predicted octanol–water partition coefficient (Wildman–Crippen LogP) is 3.26. The van der Waals surface area contributed by atoms with Gasteiger partial charge in [0.15, 0.2) is 6.10 Å². The highest BCUT2D eigenvalue weighted by Crippen LogP contribution is 2.36. The number of carbonyl (C=O) groups excluding carboxylic acids is 1. The largest absolute Gasteiger partial charge is 0.478 e. The van der Waals surface area contributed by atoms with Crippen molar-refractivity contribution in [1.29, 1.82) is 0 Å². The van der Waals surface area contributed by atoms with Gasteiger partial charge in [-0.2, -0.15) is 0 Å². The highest BCUT2D eigenvalue weighted by molar-refractivity contribution is 5.97. The van der Waals surface area contributed by atoms with Gasteiger partial charge in [0.1, 0.15) is 11.6 Å². The number of piperazine rings is 1. The molecule has 5 rings (SSSR count). The van der Waals surface area contributed by atoms with Crippen LogP contribution >= 0.6 is 0 Å². The van der Waals surface area contributed by atoms with Crippen LogP contribution in [0.2, 0.25) is 0 Å². The number of hydrogen-bond acceptors (Lipinski definition) is 5. The smallest absolute Gasteiger partial charge is 0.265 e. The van der Waals surface area contributed by atoms with E-state index in [4.69, 9.17) is 4.74 Å². The fourth-order valence-corrected chi connectivity index (χ4v) is 4.81. The van der Waals surface area contributed by atoms with Crippen molar-refractivity contribution in [2.45, 2.75) is 44.6 Å². The number of ether oxygens (including phenoxy) is 1. The lowest BCUT2D eigenvalue weighted by molar-refractivity contribution is -0.123. The summed E-state index contributed by atoms with van der Waals surface area (Å²) in [6.45, 7) is 5.05. The minimum Gasteiger partial charge on any atom is -0.478 e. The molecule has 3 aliphatic rings. The van der Waals surface area contributed by atoms with Gasteiger partial charge in [-0.15, -0.1) is 0 Å². The topological polar surface area (TPSA) is 57.7 Å². The van der Waals surface area contributed by atoms with E-state index in [-0.39, 0.29) is 12.0 Å². The molecule has 1 aromatic carbocycles. The molecule has 1 saturated heterocycles. The second kappa shape index (κ2) is 8.64. The summed E-state index contributed by atoms with van der Waals surface area (Å²) in [6, 6.07) is 10.4. The summed E-state index contributed by atoms with van der Waals surface area (Å²) in [7, 11) is 0. The first kappa shape index (κ1) is 19.4. The Balaban J connectivity index is 1.11. The van der Waals surface area contributed by atoms with Crippen molar-refractivity contribution in [2.24, 2.45) is 0 Å². The van der Waals surface area contributed by atoms with Crippen LogP contribution in [0.15, 0.2) is 36.5 Å². The number of aryl methyl sites for hydroxylation is 2. The average Bonchev–Trinajstić information content (AvgIpc) is 2.79. The summed E-state index contributed by atoms with van der Waals surface area (Å²) in [6.07, 6.45) is 7.89. The lowest BCUT2D eigenvalue weighted by Gasteiger charge is -2.35. The normalized spacial score (nSPS) is 21.4. The number of benzene rings is 1. The molecule has 0 saturated carbocycles. The number of amides is 1. The van der Waals surface area contributed by atoms with Crippen LogP contribution in [-0.2, 0) is 17.6 Å². The first-order valence-electron chi connectivity index (χ1n) is 11.3. The third kappa shape index (κ3) is 4.15. The molecular formula is C24H30N4O2. The molecule has 30 heavy (non-hydrogen) atoms. The summed E-state index contributed by atoms with van der Waals surface area (Å²) in [4.78, 5) is 21.8. The zero-order valence-corrected chi connectivity index (χ0v) is 17.5. The van der Waals surface area contributed by atoms with Crippen molar-refractivity contribution in [3.8, 4) is 5.75 Å². The van der Waals surface area contributed by atoms with E-state index in [2.05, 4.69) is 38.3 Å². The molecule has 2 aromatic rings. The molecule has 1 aromatic heterocycles. The van der Waals surface area contributed by atoms with Gasteiger partial charge >= 0.3 is 0 Å². The maximum absolute atomic E-state index is 12.5. The molecule has 0 radical (unpaired) electrons. The zero-order chi connectivity index (χ0) is 20.3. The molecule has 2 aliphatic heterocycles. The highest BCUT2D eigenvalue weighted by atomic mass is 16.5. The third-order valence-electron chi connectivity index (χ3n) is 6.55. The number of anilines is 2. The monoisotopic (exact) mass is 406 g/mol. The molecule has 6 heteroatoms. The lowest BCUT2D eigenvalue weighted by atomic mass is 9.90. The zero-order valence-electron chi connectivity index (χ0n) is 17.5. The van der Waals surface area contributed by atoms with Crippen molar-refractivity contribution in [1.82, 2.24) is 9.88 Å². The van der Waals surface area contributed by atoms with Crippen molar-refractivity contribution in [3.63, 3.8) is 0 Å². The molecule has 158 valence electrons. The SMILES string of the molecule is O=C1Nc2cc3c(cc2OC1CCCN1CCN(c2ccccn2)CC1)CCCC3. The minimum atomic E-state index is -0.381. The van der Waals surface area contributed by atoms with Crippen LogP contribution in [0.5, 0.6) is 5.75 Å². The van der Waals surface area contributed by atoms with E-state index in [0.717, 1.165) is 75.7 Å². The van der Waals surface area contributed by atoms with Gasteiger partial charge in [-0.05, 0) is 80.5 Å². The molecule has 0 spiro atoms. The number of nitrogens with one attached hydrogen (secondary N) is 1. The maximum atomic E-state index is 12.5. The number of hydrogen-bond donors (Lipinski definition) is 1. The van der Waals surface area contributed by atoms with Crippen molar-refractivity contribution < 1.29 is 9.53 Å². The van der Waals surface area contributed by atoms with Crippen LogP contribution in [0.25, 0.3) is 0 Å². The number of fused-ring (bicyclic) bond motifs is 2. The van der Waals surface area contributed by atoms with Crippen LogP contribution in [0.3, 0.4) is 0 Å². The quantitative estimate of drug-likeness (QED) is 0.826. The van der Waals surface area contributed by atoms with E-state index >= 15 is 0 Å². The Kier molecular flexibility index (Phi) is 5.58. The van der Waals surface area contributed by atoms with Crippen molar-refractivity contribution in [3.05, 3.63) is 47.7 Å². The van der Waals surface area contributed by atoms with Crippen molar-refractivity contribution >= 4 is 17.4 Å². The van der Waals surface area contributed by atoms with Crippen LogP contribution in [0, 0.1) is 0 Å². The van der Waals surface area contributed by atoms with Gasteiger partial charge in [-0.1, -0.05) is 6.07 Å². The minimum absolute atomic E-state index is 0.00164. The number of pyridine rings is 1. The molecule has 1 unspecified atom stereocenters.